The number of rotatable bonds is 9. The topological polar surface area (TPSA) is 72.8 Å². The number of nitrogens with zero attached hydrogens (tertiary/aromatic N) is 2. The Morgan fingerprint density at radius 3 is 2.87 bits per heavy atom. The fourth-order valence-corrected chi connectivity index (χ4v) is 3.55. The highest BCUT2D eigenvalue weighted by molar-refractivity contribution is 7.13. The molecule has 1 heterocycles. The number of benzene rings is 2. The van der Waals surface area contributed by atoms with Crippen molar-refractivity contribution in [1.82, 2.24) is 4.98 Å². The first-order valence-corrected chi connectivity index (χ1v) is 10.7. The maximum Gasteiger partial charge on any atom is 0.311 e. The molecule has 0 aliphatic heterocycles. The first kappa shape index (κ1) is 22.1. The zero-order valence-electron chi connectivity index (χ0n) is 16.1. The van der Waals surface area contributed by atoms with Gasteiger partial charge in [-0.2, -0.15) is 5.10 Å². The Morgan fingerprint density at radius 2 is 2.07 bits per heavy atom. The van der Waals surface area contributed by atoms with Crippen LogP contribution >= 0.6 is 34.5 Å². The molecule has 0 radical (unpaired) electrons. The van der Waals surface area contributed by atoms with Crippen molar-refractivity contribution in [3.05, 3.63) is 74.7 Å². The van der Waals surface area contributed by atoms with Crippen LogP contribution in [0.5, 0.6) is 5.75 Å². The van der Waals surface area contributed by atoms with E-state index in [1.165, 1.54) is 11.3 Å². The maximum absolute atomic E-state index is 11.5. The summed E-state index contributed by atoms with van der Waals surface area (Å²) in [5.41, 5.74) is 5.15. The van der Waals surface area contributed by atoms with Gasteiger partial charge in [0.05, 0.1) is 24.9 Å². The zero-order valence-corrected chi connectivity index (χ0v) is 18.4. The van der Waals surface area contributed by atoms with Gasteiger partial charge in [0.25, 0.3) is 0 Å². The molecule has 0 saturated carbocycles. The normalized spacial score (nSPS) is 10.9. The lowest BCUT2D eigenvalue weighted by Gasteiger charge is -2.10. The van der Waals surface area contributed by atoms with Crippen LogP contribution in [-0.2, 0) is 22.6 Å². The lowest BCUT2D eigenvalue weighted by molar-refractivity contribution is -0.142. The number of carbonyl (C=O) groups excluding carboxylic acids is 1. The van der Waals surface area contributed by atoms with Gasteiger partial charge in [-0.15, -0.1) is 11.3 Å². The third-order valence-electron chi connectivity index (χ3n) is 3.80. The van der Waals surface area contributed by atoms with Gasteiger partial charge in [0, 0.05) is 21.0 Å². The van der Waals surface area contributed by atoms with Crippen molar-refractivity contribution in [3.63, 3.8) is 0 Å². The molecule has 30 heavy (non-hydrogen) atoms. The second kappa shape index (κ2) is 11.0. The average Bonchev–Trinajstić information content (AvgIpc) is 3.14. The third-order valence-corrected chi connectivity index (χ3v) is 5.07. The number of ether oxygens (including phenoxy) is 2. The summed E-state index contributed by atoms with van der Waals surface area (Å²) in [6, 6.07) is 12.8. The molecule has 0 bridgehead atoms. The molecule has 0 amide bonds. The summed E-state index contributed by atoms with van der Waals surface area (Å²) in [6.45, 7) is 2.48. The highest BCUT2D eigenvalue weighted by atomic mass is 35.5. The smallest absolute Gasteiger partial charge is 0.311 e. The highest BCUT2D eigenvalue weighted by Gasteiger charge is 2.08. The van der Waals surface area contributed by atoms with Crippen LogP contribution in [0, 0.1) is 0 Å². The quantitative estimate of drug-likeness (QED) is 0.254. The van der Waals surface area contributed by atoms with E-state index in [-0.39, 0.29) is 12.4 Å². The van der Waals surface area contributed by atoms with Crippen LogP contribution in [0.4, 0.5) is 5.13 Å². The van der Waals surface area contributed by atoms with Crippen LogP contribution < -0.4 is 10.2 Å². The van der Waals surface area contributed by atoms with Crippen molar-refractivity contribution in [2.24, 2.45) is 5.10 Å². The summed E-state index contributed by atoms with van der Waals surface area (Å²) in [6.07, 6.45) is 1.73. The second-order valence-electron chi connectivity index (χ2n) is 6.10. The van der Waals surface area contributed by atoms with Gasteiger partial charge in [0.15, 0.2) is 0 Å². The van der Waals surface area contributed by atoms with Gasteiger partial charge >= 0.3 is 5.97 Å². The first-order chi connectivity index (χ1) is 14.5. The maximum atomic E-state index is 11.5. The third kappa shape index (κ3) is 6.73. The number of esters is 1. The van der Waals surface area contributed by atoms with Crippen molar-refractivity contribution in [1.29, 1.82) is 0 Å². The Balaban J connectivity index is 1.63. The van der Waals surface area contributed by atoms with Crippen LogP contribution in [0.25, 0.3) is 0 Å². The number of carbonyl (C=O) groups is 1. The lowest BCUT2D eigenvalue weighted by Crippen LogP contribution is -2.07. The molecular weight excluding hydrogens is 445 g/mol. The van der Waals surface area contributed by atoms with E-state index in [4.69, 9.17) is 32.7 Å². The summed E-state index contributed by atoms with van der Waals surface area (Å²) < 4.78 is 10.8. The van der Waals surface area contributed by atoms with Gasteiger partial charge in [0.2, 0.25) is 5.13 Å². The molecular formula is C21H19Cl2N3O3S. The number of hydrogen-bond donors (Lipinski definition) is 1. The van der Waals surface area contributed by atoms with E-state index in [0.29, 0.717) is 45.4 Å². The molecule has 0 saturated heterocycles. The molecule has 0 unspecified atom stereocenters. The van der Waals surface area contributed by atoms with Crippen LogP contribution in [0.3, 0.4) is 0 Å². The van der Waals surface area contributed by atoms with Crippen molar-refractivity contribution in [2.45, 2.75) is 20.0 Å². The standard InChI is InChI=1S/C21H19Cl2N3O3S/c1-2-28-20(27)10-18-13-30-21(25-18)26-24-11-15-9-17(23)6-7-19(15)29-12-14-4-3-5-16(22)8-14/h3-9,11,13H,2,10,12H2,1H3,(H,25,26). The fourth-order valence-electron chi connectivity index (χ4n) is 2.50. The molecule has 0 aliphatic carbocycles. The van der Waals surface area contributed by atoms with Crippen LogP contribution in [0.1, 0.15) is 23.7 Å². The largest absolute Gasteiger partial charge is 0.488 e. The summed E-state index contributed by atoms with van der Waals surface area (Å²) in [7, 11) is 0. The number of nitrogens with one attached hydrogen (secondary N) is 1. The molecule has 156 valence electrons. The number of aromatic nitrogens is 1. The lowest BCUT2D eigenvalue weighted by atomic mass is 10.2. The van der Waals surface area contributed by atoms with Crippen LogP contribution in [0.2, 0.25) is 10.0 Å². The van der Waals surface area contributed by atoms with Gasteiger partial charge < -0.3 is 9.47 Å². The molecule has 6 nitrogen and oxygen atoms in total. The van der Waals surface area contributed by atoms with Gasteiger partial charge in [-0.1, -0.05) is 35.3 Å². The Bertz CT molecular complexity index is 1040. The van der Waals surface area contributed by atoms with Gasteiger partial charge in [-0.25, -0.2) is 4.98 Å². The minimum Gasteiger partial charge on any atom is -0.488 e. The number of thiazole rings is 1. The van der Waals surface area contributed by atoms with Crippen molar-refractivity contribution < 1.29 is 14.3 Å². The molecule has 9 heteroatoms. The fraction of sp³-hybridized carbons (Fsp3) is 0.190. The molecule has 2 aromatic carbocycles. The average molecular weight is 464 g/mol. The van der Waals surface area contributed by atoms with Crippen molar-refractivity contribution >= 4 is 51.9 Å². The monoisotopic (exact) mass is 463 g/mol. The zero-order chi connectivity index (χ0) is 21.3. The van der Waals surface area contributed by atoms with E-state index in [1.54, 1.807) is 36.7 Å². The predicted octanol–water partition coefficient (Wildman–Crippen LogP) is 5.58. The minimum atomic E-state index is -0.307. The Kier molecular flexibility index (Phi) is 8.07. The van der Waals surface area contributed by atoms with Crippen LogP contribution in [0.15, 0.2) is 52.9 Å². The van der Waals surface area contributed by atoms with Gasteiger partial charge in [-0.3, -0.25) is 10.2 Å². The molecule has 0 aliphatic rings. The van der Waals surface area contributed by atoms with Crippen molar-refractivity contribution in [3.8, 4) is 5.75 Å². The van der Waals surface area contributed by atoms with Crippen molar-refractivity contribution in [2.75, 3.05) is 12.0 Å². The first-order valence-electron chi connectivity index (χ1n) is 9.09. The van der Waals surface area contributed by atoms with E-state index in [1.807, 2.05) is 24.3 Å². The minimum absolute atomic E-state index is 0.130. The molecule has 0 fully saturated rings. The Hall–Kier alpha value is -2.61. The van der Waals surface area contributed by atoms with E-state index in [9.17, 15) is 4.79 Å². The molecule has 0 atom stereocenters. The van der Waals surface area contributed by atoms with Gasteiger partial charge in [-0.05, 0) is 42.8 Å². The van der Waals surface area contributed by atoms with E-state index >= 15 is 0 Å². The van der Waals surface area contributed by atoms with E-state index < -0.39 is 0 Å². The Labute approximate surface area is 188 Å². The SMILES string of the molecule is CCOC(=O)Cc1csc(NN=Cc2cc(Cl)ccc2OCc2cccc(Cl)c2)n1. The molecule has 3 rings (SSSR count). The molecule has 1 aromatic heterocycles. The van der Waals surface area contributed by atoms with E-state index in [0.717, 1.165) is 5.56 Å². The summed E-state index contributed by atoms with van der Waals surface area (Å²) in [4.78, 5) is 15.8. The number of anilines is 1. The van der Waals surface area contributed by atoms with Gasteiger partial charge in [0.1, 0.15) is 12.4 Å². The summed E-state index contributed by atoms with van der Waals surface area (Å²) in [5.74, 6) is 0.324. The second-order valence-corrected chi connectivity index (χ2v) is 7.83. The predicted molar refractivity (Wildman–Crippen MR) is 121 cm³/mol. The molecule has 1 N–H and O–H groups in total. The van der Waals surface area contributed by atoms with E-state index in [2.05, 4.69) is 15.5 Å². The summed E-state index contributed by atoms with van der Waals surface area (Å²) >= 11 is 13.5. The summed E-state index contributed by atoms with van der Waals surface area (Å²) in [5, 5.41) is 7.78. The number of hydrogen-bond acceptors (Lipinski definition) is 7. The number of halogens is 2. The Morgan fingerprint density at radius 1 is 1.23 bits per heavy atom. The molecule has 0 spiro atoms. The number of hydrazone groups is 1. The molecule has 3 aromatic rings. The highest BCUT2D eigenvalue weighted by Crippen LogP contribution is 2.23. The van der Waals surface area contributed by atoms with Crippen LogP contribution in [-0.4, -0.2) is 23.8 Å².